The summed E-state index contributed by atoms with van der Waals surface area (Å²) in [6, 6.07) is 12.5. The van der Waals surface area contributed by atoms with Crippen molar-refractivity contribution < 1.29 is 14.4 Å². The van der Waals surface area contributed by atoms with E-state index in [4.69, 9.17) is 4.74 Å². The topological polar surface area (TPSA) is 58.9 Å². The van der Waals surface area contributed by atoms with E-state index in [9.17, 15) is 4.79 Å². The van der Waals surface area contributed by atoms with Gasteiger partial charge >= 0.3 is 0 Å². The minimum Gasteiger partial charge on any atom is -0.495 e. The molecule has 2 fully saturated rings. The Hall–Kier alpha value is -2.60. The minimum atomic E-state index is 0.209. The molecule has 1 amide bonds. The molecule has 1 saturated carbocycles. The number of ether oxygens (including phenoxy) is 1. The van der Waals surface area contributed by atoms with Gasteiger partial charge in [0, 0.05) is 23.9 Å². The standard InChI is InChI=1S/C22H28N4O2/c1-28-21-7-3-2-6-19(21)25-11-13-26(14-12-25)20(18-5-4-10-23-15-18)16-24-22(27)17-8-9-17/h2-7,10,15,17,20H,8-9,11-14,16H2,1H3,(H,24,27)/p+1. The lowest BCUT2D eigenvalue weighted by atomic mass is 10.1. The molecule has 1 saturated heterocycles. The van der Waals surface area contributed by atoms with Gasteiger partial charge in [-0.25, -0.2) is 0 Å². The number of piperazine rings is 1. The molecule has 0 spiro atoms. The summed E-state index contributed by atoms with van der Waals surface area (Å²) in [6.45, 7) is 4.62. The maximum atomic E-state index is 12.2. The number of aromatic nitrogens is 1. The third kappa shape index (κ3) is 4.28. The zero-order valence-corrected chi connectivity index (χ0v) is 16.4. The molecule has 2 aliphatic rings. The summed E-state index contributed by atoms with van der Waals surface area (Å²) in [4.78, 5) is 20.4. The van der Waals surface area contributed by atoms with Gasteiger partial charge in [0.15, 0.2) is 0 Å². The van der Waals surface area contributed by atoms with E-state index in [0.29, 0.717) is 6.54 Å². The van der Waals surface area contributed by atoms with Crippen LogP contribution in [-0.4, -0.2) is 50.7 Å². The highest BCUT2D eigenvalue weighted by Crippen LogP contribution is 2.29. The van der Waals surface area contributed by atoms with Gasteiger partial charge in [-0.3, -0.25) is 9.78 Å². The van der Waals surface area contributed by atoms with Crippen molar-refractivity contribution in [3.63, 3.8) is 0 Å². The van der Waals surface area contributed by atoms with Crippen LogP contribution in [0.4, 0.5) is 5.69 Å². The Morgan fingerprint density at radius 3 is 2.71 bits per heavy atom. The van der Waals surface area contributed by atoms with E-state index in [2.05, 4.69) is 33.4 Å². The SMILES string of the molecule is COc1ccccc1N1CC[NH+](C(CNC(=O)C2CC2)c2cccnc2)CC1. The number of carbonyl (C=O) groups excluding carboxylic acids is 1. The van der Waals surface area contributed by atoms with Crippen molar-refractivity contribution in [1.82, 2.24) is 10.3 Å². The normalized spacial score (nSPS) is 18.5. The van der Waals surface area contributed by atoms with Gasteiger partial charge < -0.3 is 19.9 Å². The van der Waals surface area contributed by atoms with Gasteiger partial charge in [0.25, 0.3) is 0 Å². The fourth-order valence-corrected chi connectivity index (χ4v) is 4.05. The number of anilines is 1. The molecule has 1 aromatic carbocycles. The predicted molar refractivity (Wildman–Crippen MR) is 109 cm³/mol. The third-order valence-electron chi connectivity index (χ3n) is 5.84. The number of carbonyl (C=O) groups is 1. The molecule has 4 rings (SSSR count). The van der Waals surface area contributed by atoms with Crippen LogP contribution in [0, 0.1) is 5.92 Å². The number of amides is 1. The van der Waals surface area contributed by atoms with E-state index in [1.54, 1.807) is 13.3 Å². The summed E-state index contributed by atoms with van der Waals surface area (Å²) < 4.78 is 5.53. The number of hydrogen-bond acceptors (Lipinski definition) is 4. The number of methoxy groups -OCH3 is 1. The van der Waals surface area contributed by atoms with E-state index in [1.165, 1.54) is 10.5 Å². The van der Waals surface area contributed by atoms with Crippen molar-refractivity contribution in [2.45, 2.75) is 18.9 Å². The number of pyridine rings is 1. The molecule has 2 aromatic rings. The van der Waals surface area contributed by atoms with Crippen LogP contribution in [0.2, 0.25) is 0 Å². The van der Waals surface area contributed by atoms with Crippen LogP contribution in [0.3, 0.4) is 0 Å². The first kappa shape index (κ1) is 18.7. The van der Waals surface area contributed by atoms with E-state index < -0.39 is 0 Å². The van der Waals surface area contributed by atoms with Gasteiger partial charge in [-0.05, 0) is 37.1 Å². The number of nitrogens with zero attached hydrogens (tertiary/aromatic N) is 2. The molecule has 0 radical (unpaired) electrons. The lowest BCUT2D eigenvalue weighted by molar-refractivity contribution is -0.931. The first-order valence-electron chi connectivity index (χ1n) is 10.2. The van der Waals surface area contributed by atoms with Crippen LogP contribution >= 0.6 is 0 Å². The lowest BCUT2D eigenvalue weighted by Crippen LogP contribution is -3.15. The van der Waals surface area contributed by atoms with Gasteiger partial charge in [0.05, 0.1) is 45.5 Å². The Morgan fingerprint density at radius 2 is 2.04 bits per heavy atom. The highest BCUT2D eigenvalue weighted by atomic mass is 16.5. The van der Waals surface area contributed by atoms with Gasteiger partial charge in [0.1, 0.15) is 11.8 Å². The number of quaternary nitrogens is 1. The lowest BCUT2D eigenvalue weighted by Gasteiger charge is -2.38. The molecule has 6 heteroatoms. The Balaban J connectivity index is 1.43. The van der Waals surface area contributed by atoms with E-state index in [1.807, 2.05) is 24.4 Å². The summed E-state index contributed by atoms with van der Waals surface area (Å²) in [5, 5.41) is 3.18. The Labute approximate surface area is 166 Å². The van der Waals surface area contributed by atoms with Crippen molar-refractivity contribution in [3.8, 4) is 5.75 Å². The van der Waals surface area contributed by atoms with Crippen LogP contribution in [-0.2, 0) is 4.79 Å². The first-order valence-corrected chi connectivity index (χ1v) is 10.2. The van der Waals surface area contributed by atoms with Gasteiger partial charge in [-0.1, -0.05) is 12.1 Å². The Morgan fingerprint density at radius 1 is 1.25 bits per heavy atom. The first-order chi connectivity index (χ1) is 13.8. The van der Waals surface area contributed by atoms with Crippen molar-refractivity contribution in [2.75, 3.05) is 44.7 Å². The summed E-state index contributed by atoms with van der Waals surface area (Å²) in [6.07, 6.45) is 5.81. The molecular weight excluding hydrogens is 352 g/mol. The van der Waals surface area contributed by atoms with Crippen molar-refractivity contribution in [2.24, 2.45) is 5.92 Å². The molecule has 2 N–H and O–H groups in total. The zero-order valence-electron chi connectivity index (χ0n) is 16.4. The molecule has 6 nitrogen and oxygen atoms in total. The maximum absolute atomic E-state index is 12.2. The second-order valence-electron chi connectivity index (χ2n) is 7.68. The Kier molecular flexibility index (Phi) is 5.76. The quantitative estimate of drug-likeness (QED) is 0.753. The number of rotatable bonds is 7. The molecule has 2 heterocycles. The number of para-hydroxylation sites is 2. The van der Waals surface area contributed by atoms with E-state index >= 15 is 0 Å². The zero-order chi connectivity index (χ0) is 19.3. The van der Waals surface area contributed by atoms with Gasteiger partial charge in [0.2, 0.25) is 5.91 Å². The fraction of sp³-hybridized carbons (Fsp3) is 0.455. The van der Waals surface area contributed by atoms with Gasteiger partial charge in [-0.2, -0.15) is 0 Å². The predicted octanol–water partition coefficient (Wildman–Crippen LogP) is 1.06. The van der Waals surface area contributed by atoms with Crippen LogP contribution in [0.5, 0.6) is 5.75 Å². The molecular formula is C22H29N4O2+. The average molecular weight is 382 g/mol. The fourth-order valence-electron chi connectivity index (χ4n) is 4.05. The number of benzene rings is 1. The van der Waals surface area contributed by atoms with Crippen LogP contribution in [0.15, 0.2) is 48.8 Å². The summed E-state index contributed by atoms with van der Waals surface area (Å²) in [5.41, 5.74) is 2.35. The summed E-state index contributed by atoms with van der Waals surface area (Å²) in [7, 11) is 1.72. The molecule has 1 aliphatic carbocycles. The van der Waals surface area contributed by atoms with Crippen LogP contribution < -0.4 is 19.9 Å². The summed E-state index contributed by atoms with van der Waals surface area (Å²) in [5.74, 6) is 1.37. The smallest absolute Gasteiger partial charge is 0.223 e. The molecule has 1 unspecified atom stereocenters. The van der Waals surface area contributed by atoms with Crippen LogP contribution in [0.25, 0.3) is 0 Å². The van der Waals surface area contributed by atoms with Crippen LogP contribution in [0.1, 0.15) is 24.4 Å². The van der Waals surface area contributed by atoms with E-state index in [-0.39, 0.29) is 17.9 Å². The molecule has 148 valence electrons. The average Bonchev–Trinajstić information content (AvgIpc) is 3.60. The largest absolute Gasteiger partial charge is 0.495 e. The van der Waals surface area contributed by atoms with Crippen molar-refractivity contribution >= 4 is 11.6 Å². The summed E-state index contributed by atoms with van der Waals surface area (Å²) >= 11 is 0. The van der Waals surface area contributed by atoms with E-state index in [0.717, 1.165) is 50.5 Å². The molecule has 28 heavy (non-hydrogen) atoms. The second-order valence-corrected chi connectivity index (χ2v) is 7.68. The second kappa shape index (κ2) is 8.61. The molecule has 1 aromatic heterocycles. The Bertz CT molecular complexity index is 786. The number of nitrogens with one attached hydrogen (secondary N) is 2. The monoisotopic (exact) mass is 381 g/mol. The number of hydrogen-bond donors (Lipinski definition) is 2. The maximum Gasteiger partial charge on any atom is 0.223 e. The molecule has 0 bridgehead atoms. The highest BCUT2D eigenvalue weighted by Gasteiger charge is 2.33. The molecule has 1 atom stereocenters. The molecule has 1 aliphatic heterocycles. The van der Waals surface area contributed by atoms with Gasteiger partial charge in [-0.15, -0.1) is 0 Å². The third-order valence-corrected chi connectivity index (χ3v) is 5.84. The van der Waals surface area contributed by atoms with Crippen molar-refractivity contribution in [1.29, 1.82) is 0 Å². The van der Waals surface area contributed by atoms with Crippen molar-refractivity contribution in [3.05, 3.63) is 54.4 Å². The highest BCUT2D eigenvalue weighted by molar-refractivity contribution is 5.80. The minimum absolute atomic E-state index is 0.209.